The van der Waals surface area contributed by atoms with E-state index in [-0.39, 0.29) is 11.9 Å². The predicted octanol–water partition coefficient (Wildman–Crippen LogP) is 0.855. The van der Waals surface area contributed by atoms with Crippen LogP contribution in [0.2, 0.25) is 0 Å². The Morgan fingerprint density at radius 2 is 1.45 bits per heavy atom. The Morgan fingerprint density at radius 1 is 0.828 bits per heavy atom. The molecule has 156 valence electrons. The van der Waals surface area contributed by atoms with Crippen molar-refractivity contribution in [3.05, 3.63) is 17.4 Å². The minimum absolute atomic E-state index is 0.253. The summed E-state index contributed by atoms with van der Waals surface area (Å²) in [7, 11) is 0. The van der Waals surface area contributed by atoms with Gasteiger partial charge in [0, 0.05) is 12.1 Å². The fourth-order valence-electron chi connectivity index (χ4n) is 2.02. The summed E-state index contributed by atoms with van der Waals surface area (Å²) in [6.07, 6.45) is 0.459. The van der Waals surface area contributed by atoms with Gasteiger partial charge < -0.3 is 50.7 Å². The number of benzene rings is 2. The van der Waals surface area contributed by atoms with Crippen LogP contribution in [0.5, 0.6) is 46.0 Å². The second-order valence-electron chi connectivity index (χ2n) is 5.30. The third-order valence-corrected chi connectivity index (χ3v) is 4.39. The van der Waals surface area contributed by atoms with Gasteiger partial charge in [-0.3, -0.25) is 10.0 Å². The molecule has 2 rings (SSSR count). The molecular formula is C15H14N2O11S. The molecule has 0 atom stereocenters. The molecule has 14 heteroatoms. The topological polar surface area (TPSA) is 243 Å². The minimum Gasteiger partial charge on any atom is -0.506 e. The van der Waals surface area contributed by atoms with Gasteiger partial charge in [-0.05, 0) is 11.9 Å². The molecule has 0 radical (unpaired) electrons. The molecule has 0 aromatic heterocycles. The van der Waals surface area contributed by atoms with Crippen LogP contribution in [-0.2, 0) is 4.79 Å². The first-order valence-corrected chi connectivity index (χ1v) is 8.07. The summed E-state index contributed by atoms with van der Waals surface area (Å²) in [5.74, 6) is -10.5. The molecular weight excluding hydrogens is 416 g/mol. The lowest BCUT2D eigenvalue weighted by Crippen LogP contribution is -2.20. The van der Waals surface area contributed by atoms with Crippen molar-refractivity contribution in [2.45, 2.75) is 4.90 Å². The Labute approximate surface area is 164 Å². The maximum Gasteiger partial charge on any atom is 0.309 e. The number of nitrogens with one attached hydrogen (secondary N) is 2. The molecule has 0 aliphatic carbocycles. The van der Waals surface area contributed by atoms with Gasteiger partial charge in [-0.2, -0.15) is 0 Å². The molecule has 13 nitrogen and oxygen atoms in total. The Kier molecular flexibility index (Phi) is 5.80. The number of aliphatic hydroxyl groups is 1. The van der Waals surface area contributed by atoms with Crippen LogP contribution >= 0.6 is 11.9 Å². The van der Waals surface area contributed by atoms with Gasteiger partial charge in [0.1, 0.15) is 22.1 Å². The van der Waals surface area contributed by atoms with Crippen molar-refractivity contribution in [2.24, 2.45) is 0 Å². The summed E-state index contributed by atoms with van der Waals surface area (Å²) in [6.45, 7) is 0. The number of phenolic OH excluding ortho intramolecular Hbond substituents is 8. The smallest absolute Gasteiger partial charge is 0.309 e. The van der Waals surface area contributed by atoms with Gasteiger partial charge in [-0.1, -0.05) is 0 Å². The quantitative estimate of drug-likeness (QED) is 0.0599. The molecule has 0 saturated carbocycles. The number of aromatic hydroxyl groups is 8. The van der Waals surface area contributed by atoms with E-state index in [1.54, 1.807) is 0 Å². The lowest BCUT2D eigenvalue weighted by Gasteiger charge is -2.15. The molecule has 1 amide bonds. The fourth-order valence-corrected chi connectivity index (χ4v) is 2.83. The van der Waals surface area contributed by atoms with Crippen LogP contribution in [0.1, 0.15) is 5.56 Å². The number of hydroxylamine groups is 1. The monoisotopic (exact) mass is 430 g/mol. The molecule has 2 aromatic carbocycles. The molecule has 29 heavy (non-hydrogen) atoms. The van der Waals surface area contributed by atoms with E-state index in [9.17, 15) is 50.8 Å². The molecule has 0 aliphatic heterocycles. The van der Waals surface area contributed by atoms with Gasteiger partial charge >= 0.3 is 5.91 Å². The molecule has 2 aromatic rings. The van der Waals surface area contributed by atoms with E-state index in [4.69, 9.17) is 5.21 Å². The number of carbonyl (C=O) groups is 1. The van der Waals surface area contributed by atoms with E-state index in [0.717, 1.165) is 5.48 Å². The molecule has 12 N–H and O–H groups in total. The number of hydrogen-bond donors (Lipinski definition) is 12. The minimum atomic E-state index is -1.42. The summed E-state index contributed by atoms with van der Waals surface area (Å²) in [4.78, 5) is 10.5. The number of carbonyl (C=O) groups excluding carboxylic acids is 1. The van der Waals surface area contributed by atoms with E-state index in [2.05, 4.69) is 4.72 Å². The molecule has 0 unspecified atom stereocenters. The maximum atomic E-state index is 11.1. The van der Waals surface area contributed by atoms with Crippen LogP contribution in [0.25, 0.3) is 6.08 Å². The number of hydrogen-bond acceptors (Lipinski definition) is 13. The van der Waals surface area contributed by atoms with Crippen molar-refractivity contribution >= 4 is 29.6 Å². The summed E-state index contributed by atoms with van der Waals surface area (Å²) in [5, 5.41) is 96.1. The molecule has 0 fully saturated rings. The maximum absolute atomic E-state index is 11.1. The second-order valence-corrected chi connectivity index (χ2v) is 6.12. The first-order valence-electron chi connectivity index (χ1n) is 7.25. The van der Waals surface area contributed by atoms with Crippen LogP contribution in [0.3, 0.4) is 0 Å². The van der Waals surface area contributed by atoms with Crippen LogP contribution in [0.4, 0.5) is 5.69 Å². The zero-order valence-corrected chi connectivity index (χ0v) is 14.8. The second kappa shape index (κ2) is 7.91. The molecule has 0 aliphatic rings. The highest BCUT2D eigenvalue weighted by Gasteiger charge is 2.25. The molecule has 0 heterocycles. The van der Waals surface area contributed by atoms with Crippen LogP contribution < -0.4 is 10.2 Å². The highest BCUT2D eigenvalue weighted by molar-refractivity contribution is 8.00. The number of rotatable bonds is 5. The standard InChI is InChI=1S/C15H14N2O11S/c18-4-2-5(19)10(23)11(24)7(4)17-29-14-9(22)3(1-6(20)15(27)16-28)8(21)12(25)13(14)26/h1-2,17-26,28H,(H,16,27)/b6-1-. The third kappa shape index (κ3) is 3.83. The van der Waals surface area contributed by atoms with Gasteiger partial charge in [0.25, 0.3) is 0 Å². The van der Waals surface area contributed by atoms with E-state index in [1.807, 2.05) is 0 Å². The molecule has 0 spiro atoms. The van der Waals surface area contributed by atoms with Gasteiger partial charge in [0.05, 0.1) is 5.56 Å². The van der Waals surface area contributed by atoms with Gasteiger partial charge in [-0.15, -0.1) is 0 Å². The summed E-state index contributed by atoms with van der Waals surface area (Å²) >= 11 is 0.253. The average Bonchev–Trinajstić information content (AvgIpc) is 2.69. The molecule has 0 saturated heterocycles. The lowest BCUT2D eigenvalue weighted by atomic mass is 10.1. The van der Waals surface area contributed by atoms with Crippen molar-refractivity contribution in [2.75, 3.05) is 4.72 Å². The summed E-state index contributed by atoms with van der Waals surface area (Å²) < 4.78 is 2.24. The predicted molar refractivity (Wildman–Crippen MR) is 96.2 cm³/mol. The largest absolute Gasteiger partial charge is 0.506 e. The number of anilines is 1. The highest BCUT2D eigenvalue weighted by Crippen LogP contribution is 2.53. The summed E-state index contributed by atoms with van der Waals surface area (Å²) in [5.41, 5.74) is -0.218. The Bertz CT molecular complexity index is 1020. The van der Waals surface area contributed by atoms with E-state index in [1.165, 1.54) is 0 Å². The van der Waals surface area contributed by atoms with Crippen LogP contribution in [-0.4, -0.2) is 57.1 Å². The normalized spacial score (nSPS) is 11.3. The first-order chi connectivity index (χ1) is 13.5. The van der Waals surface area contributed by atoms with Crippen molar-refractivity contribution in [1.29, 1.82) is 0 Å². The van der Waals surface area contributed by atoms with Crippen LogP contribution in [0.15, 0.2) is 16.7 Å². The van der Waals surface area contributed by atoms with Crippen molar-refractivity contribution in [3.63, 3.8) is 0 Å². The third-order valence-electron chi connectivity index (χ3n) is 3.49. The first kappa shape index (κ1) is 21.3. The fraction of sp³-hybridized carbons (Fsp3) is 0. The highest BCUT2D eigenvalue weighted by atomic mass is 32.2. The number of amides is 1. The zero-order valence-electron chi connectivity index (χ0n) is 13.9. The SMILES string of the molecule is O=C(NO)/C(O)=C/c1c(O)c(O)c(O)c(SNc2c(O)cc(O)c(O)c2O)c1O. The van der Waals surface area contributed by atoms with E-state index in [0.29, 0.717) is 12.1 Å². The lowest BCUT2D eigenvalue weighted by molar-refractivity contribution is -0.127. The van der Waals surface area contributed by atoms with Gasteiger partial charge in [0.15, 0.2) is 28.8 Å². The number of phenols is 8. The Balaban J connectivity index is 2.53. The Morgan fingerprint density at radius 3 is 2.03 bits per heavy atom. The Hall–Kier alpha value is -4.04. The molecule has 0 bridgehead atoms. The summed E-state index contributed by atoms with van der Waals surface area (Å²) in [6, 6.07) is 0.672. The number of aliphatic hydroxyl groups excluding tert-OH is 1. The van der Waals surface area contributed by atoms with Crippen molar-refractivity contribution in [1.82, 2.24) is 5.48 Å². The average molecular weight is 430 g/mol. The van der Waals surface area contributed by atoms with Crippen molar-refractivity contribution < 1.29 is 56.0 Å². The van der Waals surface area contributed by atoms with Crippen molar-refractivity contribution in [3.8, 4) is 46.0 Å². The van der Waals surface area contributed by atoms with Gasteiger partial charge in [0.2, 0.25) is 11.5 Å². The van der Waals surface area contributed by atoms with Gasteiger partial charge in [-0.25, -0.2) is 5.48 Å². The zero-order chi connectivity index (χ0) is 22.0. The van der Waals surface area contributed by atoms with E-state index >= 15 is 0 Å². The van der Waals surface area contributed by atoms with Crippen LogP contribution in [0, 0.1) is 0 Å². The van der Waals surface area contributed by atoms with E-state index < -0.39 is 73.8 Å².